The van der Waals surface area contributed by atoms with E-state index in [0.717, 1.165) is 6.42 Å². The van der Waals surface area contributed by atoms with E-state index in [0.29, 0.717) is 6.04 Å². The van der Waals surface area contributed by atoms with Crippen molar-refractivity contribution in [2.75, 3.05) is 11.9 Å². The molecule has 1 N–H and O–H groups in total. The van der Waals surface area contributed by atoms with Gasteiger partial charge in [-0.15, -0.1) is 0 Å². The summed E-state index contributed by atoms with van der Waals surface area (Å²) in [4.78, 5) is 6.14. The third-order valence-corrected chi connectivity index (χ3v) is 7.63. The van der Waals surface area contributed by atoms with Crippen LogP contribution in [0.5, 0.6) is 0 Å². The Kier molecular flexibility index (Phi) is 4.07. The van der Waals surface area contributed by atoms with E-state index >= 15 is 0 Å². The van der Waals surface area contributed by atoms with Crippen LogP contribution in [0.4, 0.5) is 5.69 Å². The summed E-state index contributed by atoms with van der Waals surface area (Å²) in [6, 6.07) is 20.8. The van der Waals surface area contributed by atoms with Crippen molar-refractivity contribution in [2.24, 2.45) is 7.05 Å². The molecule has 0 saturated carbocycles. The van der Waals surface area contributed by atoms with Gasteiger partial charge in [0.05, 0.1) is 6.04 Å². The van der Waals surface area contributed by atoms with Crippen LogP contribution in [-0.4, -0.2) is 16.6 Å². The molecule has 3 heteroatoms. The number of aromatic amines is 1. The number of rotatable bonds is 2. The zero-order valence-electron chi connectivity index (χ0n) is 19.5. The van der Waals surface area contributed by atoms with E-state index in [4.69, 9.17) is 0 Å². The van der Waals surface area contributed by atoms with Gasteiger partial charge in [-0.1, -0.05) is 18.2 Å². The van der Waals surface area contributed by atoms with Crippen LogP contribution in [-0.2, 0) is 13.5 Å². The lowest BCUT2D eigenvalue weighted by atomic mass is 9.94. The Hall–Kier alpha value is -3.46. The van der Waals surface area contributed by atoms with Crippen LogP contribution >= 0.6 is 0 Å². The number of hydrogen-bond donors (Lipinski definition) is 1. The van der Waals surface area contributed by atoms with Gasteiger partial charge >= 0.3 is 0 Å². The van der Waals surface area contributed by atoms with Crippen LogP contribution in [0.1, 0.15) is 33.9 Å². The quantitative estimate of drug-likeness (QED) is 0.328. The van der Waals surface area contributed by atoms with Gasteiger partial charge in [0.15, 0.2) is 0 Å². The highest BCUT2D eigenvalue weighted by Gasteiger charge is 2.30. The minimum Gasteiger partial charge on any atom is -0.367 e. The first-order valence-corrected chi connectivity index (χ1v) is 11.4. The van der Waals surface area contributed by atoms with Crippen molar-refractivity contribution in [2.45, 2.75) is 33.2 Å². The normalized spacial score (nSPS) is 15.8. The van der Waals surface area contributed by atoms with Gasteiger partial charge < -0.3 is 14.5 Å². The second-order valence-corrected chi connectivity index (χ2v) is 9.48. The number of aromatic nitrogens is 2. The van der Waals surface area contributed by atoms with Crippen LogP contribution in [0.25, 0.3) is 33.1 Å². The highest BCUT2D eigenvalue weighted by atomic mass is 15.2. The van der Waals surface area contributed by atoms with E-state index in [2.05, 4.69) is 110 Å². The Balaban J connectivity index is 1.45. The SMILES string of the molecule is Cc1cccc2c1CC(c1ccc3[nH]c(-c4cc(C)c5ccn(C)c5c4)cc3c1C)N2C. The van der Waals surface area contributed by atoms with Crippen LogP contribution < -0.4 is 4.90 Å². The standard InChI is InChI=1S/C29H29N3/c1-17-7-6-8-27-23(17)16-29(32(27)5)22-9-10-25-24(19(22)3)15-26(30-25)20-13-18(2)21-11-12-31(4)28(21)14-20/h6-15,29-30H,16H2,1-5H3. The molecule has 3 aromatic carbocycles. The fraction of sp³-hybridized carbons (Fsp3) is 0.241. The Bertz CT molecular complexity index is 1520. The van der Waals surface area contributed by atoms with E-state index in [9.17, 15) is 0 Å². The zero-order chi connectivity index (χ0) is 22.1. The first-order chi connectivity index (χ1) is 15.4. The molecule has 1 atom stereocenters. The molecule has 0 saturated heterocycles. The van der Waals surface area contributed by atoms with Crippen LogP contribution in [0, 0.1) is 20.8 Å². The summed E-state index contributed by atoms with van der Waals surface area (Å²) in [7, 11) is 4.35. The number of H-pyrrole nitrogens is 1. The predicted molar refractivity (Wildman–Crippen MR) is 136 cm³/mol. The van der Waals surface area contributed by atoms with Crippen molar-refractivity contribution >= 4 is 27.5 Å². The van der Waals surface area contributed by atoms with Gasteiger partial charge in [0, 0.05) is 59.0 Å². The van der Waals surface area contributed by atoms with Gasteiger partial charge in [-0.2, -0.15) is 0 Å². The molecule has 5 aromatic rings. The number of hydrogen-bond acceptors (Lipinski definition) is 1. The van der Waals surface area contributed by atoms with E-state index < -0.39 is 0 Å². The number of anilines is 1. The predicted octanol–water partition coefficient (Wildman–Crippen LogP) is 6.99. The fourth-order valence-electron chi connectivity index (χ4n) is 5.69. The zero-order valence-corrected chi connectivity index (χ0v) is 19.5. The molecule has 1 aliphatic rings. The Labute approximate surface area is 189 Å². The maximum Gasteiger partial charge on any atom is 0.0583 e. The first-order valence-electron chi connectivity index (χ1n) is 11.4. The molecule has 0 fully saturated rings. The van der Waals surface area contributed by atoms with E-state index in [1.54, 1.807) is 0 Å². The highest BCUT2D eigenvalue weighted by molar-refractivity contribution is 5.93. The molecule has 3 heterocycles. The average Bonchev–Trinajstić information content (AvgIpc) is 3.46. The molecule has 0 radical (unpaired) electrons. The fourth-order valence-corrected chi connectivity index (χ4v) is 5.69. The molecular formula is C29H29N3. The van der Waals surface area contributed by atoms with Gasteiger partial charge in [-0.05, 0) is 91.4 Å². The number of nitrogens with zero attached hydrogens (tertiary/aromatic N) is 2. The molecule has 0 bridgehead atoms. The smallest absolute Gasteiger partial charge is 0.0583 e. The van der Waals surface area contributed by atoms with E-state index in [1.165, 1.54) is 66.6 Å². The topological polar surface area (TPSA) is 24.0 Å². The van der Waals surface area contributed by atoms with Crippen LogP contribution in [0.15, 0.2) is 60.8 Å². The van der Waals surface area contributed by atoms with Gasteiger partial charge in [0.2, 0.25) is 0 Å². The minimum absolute atomic E-state index is 0.385. The van der Waals surface area contributed by atoms with Crippen molar-refractivity contribution in [1.29, 1.82) is 0 Å². The maximum absolute atomic E-state index is 3.69. The Morgan fingerprint density at radius 3 is 2.53 bits per heavy atom. The molecule has 6 rings (SSSR count). The molecule has 0 spiro atoms. The number of likely N-dealkylation sites (N-methyl/N-ethyl adjacent to an activating group) is 1. The summed E-state index contributed by atoms with van der Waals surface area (Å²) in [5.41, 5.74) is 13.3. The molecule has 0 amide bonds. The molecule has 1 aliphatic heterocycles. The van der Waals surface area contributed by atoms with E-state index in [1.807, 2.05) is 0 Å². The van der Waals surface area contributed by atoms with Crippen LogP contribution in [0.2, 0.25) is 0 Å². The number of aryl methyl sites for hydroxylation is 4. The molecular weight excluding hydrogens is 390 g/mol. The largest absolute Gasteiger partial charge is 0.367 e. The summed E-state index contributed by atoms with van der Waals surface area (Å²) in [5, 5.41) is 2.65. The van der Waals surface area contributed by atoms with Gasteiger partial charge in [0.25, 0.3) is 0 Å². The van der Waals surface area contributed by atoms with Gasteiger partial charge in [-0.25, -0.2) is 0 Å². The van der Waals surface area contributed by atoms with Crippen molar-refractivity contribution < 1.29 is 0 Å². The summed E-state index contributed by atoms with van der Waals surface area (Å²) in [6.45, 7) is 6.72. The molecule has 2 aromatic heterocycles. The lowest BCUT2D eigenvalue weighted by molar-refractivity contribution is 0.711. The highest BCUT2D eigenvalue weighted by Crippen LogP contribution is 2.43. The molecule has 1 unspecified atom stereocenters. The third-order valence-electron chi connectivity index (χ3n) is 7.63. The summed E-state index contributed by atoms with van der Waals surface area (Å²) in [6.07, 6.45) is 3.21. The Morgan fingerprint density at radius 2 is 1.72 bits per heavy atom. The third kappa shape index (κ3) is 2.67. The maximum atomic E-state index is 3.69. The molecule has 160 valence electrons. The van der Waals surface area contributed by atoms with Crippen molar-refractivity contribution in [3.8, 4) is 11.3 Å². The minimum atomic E-state index is 0.385. The molecule has 32 heavy (non-hydrogen) atoms. The number of nitrogens with one attached hydrogen (secondary N) is 1. The van der Waals surface area contributed by atoms with Crippen molar-refractivity contribution in [3.05, 3.63) is 88.6 Å². The average molecular weight is 420 g/mol. The van der Waals surface area contributed by atoms with Crippen molar-refractivity contribution in [3.63, 3.8) is 0 Å². The van der Waals surface area contributed by atoms with E-state index in [-0.39, 0.29) is 0 Å². The van der Waals surface area contributed by atoms with Gasteiger partial charge in [0.1, 0.15) is 0 Å². The molecule has 3 nitrogen and oxygen atoms in total. The van der Waals surface area contributed by atoms with Crippen LogP contribution in [0.3, 0.4) is 0 Å². The van der Waals surface area contributed by atoms with Gasteiger partial charge in [-0.3, -0.25) is 0 Å². The summed E-state index contributed by atoms with van der Waals surface area (Å²) in [5.74, 6) is 0. The number of fused-ring (bicyclic) bond motifs is 3. The second-order valence-electron chi connectivity index (χ2n) is 9.48. The number of benzene rings is 3. The summed E-state index contributed by atoms with van der Waals surface area (Å²) >= 11 is 0. The van der Waals surface area contributed by atoms with Crippen molar-refractivity contribution in [1.82, 2.24) is 9.55 Å². The lowest BCUT2D eigenvalue weighted by Gasteiger charge is -2.24. The molecule has 0 aliphatic carbocycles. The second kappa shape index (κ2) is 6.77. The monoisotopic (exact) mass is 419 g/mol. The Morgan fingerprint density at radius 1 is 0.875 bits per heavy atom. The lowest BCUT2D eigenvalue weighted by Crippen LogP contribution is -2.20. The first kappa shape index (κ1) is 19.2. The summed E-state index contributed by atoms with van der Waals surface area (Å²) < 4.78 is 2.20.